The number of rotatable bonds is 5. The average Bonchev–Trinajstić information content (AvgIpc) is 2.34. The number of hydrogen-bond donors (Lipinski definition) is 2. The van der Waals surface area contributed by atoms with Gasteiger partial charge >= 0.3 is 0 Å². The molecule has 86 valence electrons. The summed E-state index contributed by atoms with van der Waals surface area (Å²) in [5.74, 6) is -0.220. The van der Waals surface area contributed by atoms with Crippen LogP contribution >= 0.6 is 0 Å². The summed E-state index contributed by atoms with van der Waals surface area (Å²) in [5, 5.41) is 5.23. The van der Waals surface area contributed by atoms with E-state index in [0.29, 0.717) is 6.54 Å². The van der Waals surface area contributed by atoms with Crippen LogP contribution in [0.2, 0.25) is 0 Å². The van der Waals surface area contributed by atoms with Gasteiger partial charge in [0.15, 0.2) is 0 Å². The molecule has 0 fully saturated rings. The Kier molecular flexibility index (Phi) is 5.05. The second-order valence-corrected chi connectivity index (χ2v) is 3.44. The van der Waals surface area contributed by atoms with Crippen molar-refractivity contribution in [3.05, 3.63) is 35.9 Å². The largest absolute Gasteiger partial charge is 0.359 e. The van der Waals surface area contributed by atoms with E-state index in [0.717, 1.165) is 5.56 Å². The van der Waals surface area contributed by atoms with Crippen LogP contribution in [0.1, 0.15) is 18.4 Å². The van der Waals surface area contributed by atoms with Crippen molar-refractivity contribution >= 4 is 11.8 Å². The highest BCUT2D eigenvalue weighted by Gasteiger charge is 2.04. The SMILES string of the molecule is CNC(=O)CCC(=O)NCc1ccccc1. The molecule has 4 heteroatoms. The summed E-state index contributed by atoms with van der Waals surface area (Å²) in [6.07, 6.45) is 0.462. The maximum atomic E-state index is 11.3. The number of benzene rings is 1. The van der Waals surface area contributed by atoms with E-state index in [1.54, 1.807) is 7.05 Å². The molecule has 0 spiro atoms. The topological polar surface area (TPSA) is 58.2 Å². The van der Waals surface area contributed by atoms with Crippen LogP contribution in [0.15, 0.2) is 30.3 Å². The normalized spacial score (nSPS) is 9.56. The maximum Gasteiger partial charge on any atom is 0.220 e. The quantitative estimate of drug-likeness (QED) is 0.772. The van der Waals surface area contributed by atoms with Crippen molar-refractivity contribution in [1.29, 1.82) is 0 Å². The third-order valence-electron chi connectivity index (χ3n) is 2.19. The highest BCUT2D eigenvalue weighted by atomic mass is 16.2. The van der Waals surface area contributed by atoms with Gasteiger partial charge in [-0.2, -0.15) is 0 Å². The van der Waals surface area contributed by atoms with Crippen LogP contribution in [0, 0.1) is 0 Å². The van der Waals surface area contributed by atoms with Crippen molar-refractivity contribution in [3.8, 4) is 0 Å². The van der Waals surface area contributed by atoms with E-state index in [1.165, 1.54) is 0 Å². The van der Waals surface area contributed by atoms with Gasteiger partial charge in [-0.25, -0.2) is 0 Å². The minimum absolute atomic E-state index is 0.104. The van der Waals surface area contributed by atoms with Crippen LogP contribution in [0.3, 0.4) is 0 Å². The van der Waals surface area contributed by atoms with Crippen molar-refractivity contribution in [1.82, 2.24) is 10.6 Å². The molecule has 0 heterocycles. The van der Waals surface area contributed by atoms with Crippen molar-refractivity contribution in [2.24, 2.45) is 0 Å². The molecule has 0 aliphatic heterocycles. The van der Waals surface area contributed by atoms with E-state index in [1.807, 2.05) is 30.3 Å². The van der Waals surface area contributed by atoms with Gasteiger partial charge in [-0.3, -0.25) is 9.59 Å². The van der Waals surface area contributed by atoms with E-state index < -0.39 is 0 Å². The van der Waals surface area contributed by atoms with E-state index in [9.17, 15) is 9.59 Å². The summed E-state index contributed by atoms with van der Waals surface area (Å²) in [6, 6.07) is 9.66. The lowest BCUT2D eigenvalue weighted by atomic mass is 10.2. The van der Waals surface area contributed by atoms with Crippen LogP contribution in [0.25, 0.3) is 0 Å². The molecule has 1 aromatic rings. The van der Waals surface area contributed by atoms with Gasteiger partial charge < -0.3 is 10.6 Å². The van der Waals surface area contributed by atoms with E-state index in [2.05, 4.69) is 10.6 Å². The van der Waals surface area contributed by atoms with E-state index >= 15 is 0 Å². The molecule has 0 saturated heterocycles. The van der Waals surface area contributed by atoms with Gasteiger partial charge in [-0.05, 0) is 5.56 Å². The first-order valence-corrected chi connectivity index (χ1v) is 5.23. The first-order chi connectivity index (χ1) is 7.72. The Morgan fingerprint density at radius 1 is 1.06 bits per heavy atom. The van der Waals surface area contributed by atoms with Gasteiger partial charge in [-0.1, -0.05) is 30.3 Å². The van der Waals surface area contributed by atoms with Crippen LogP contribution < -0.4 is 10.6 Å². The molecular weight excluding hydrogens is 204 g/mol. The monoisotopic (exact) mass is 220 g/mol. The summed E-state index contributed by atoms with van der Waals surface area (Å²) in [7, 11) is 1.56. The molecule has 0 saturated carbocycles. The van der Waals surface area contributed by atoms with E-state index in [4.69, 9.17) is 0 Å². The molecule has 0 unspecified atom stereocenters. The average molecular weight is 220 g/mol. The van der Waals surface area contributed by atoms with Gasteiger partial charge in [0.25, 0.3) is 0 Å². The minimum atomic E-state index is -0.116. The molecule has 2 N–H and O–H groups in total. The van der Waals surface area contributed by atoms with Gasteiger partial charge in [0.2, 0.25) is 11.8 Å². The standard InChI is InChI=1S/C12H16N2O2/c1-13-11(15)7-8-12(16)14-9-10-5-3-2-4-6-10/h2-6H,7-9H2,1H3,(H,13,15)(H,14,16). The predicted molar refractivity (Wildman–Crippen MR) is 61.6 cm³/mol. The van der Waals surface area contributed by atoms with Gasteiger partial charge in [-0.15, -0.1) is 0 Å². The second kappa shape index (κ2) is 6.61. The van der Waals surface area contributed by atoms with Crippen LogP contribution in [-0.2, 0) is 16.1 Å². The Balaban J connectivity index is 2.23. The zero-order valence-electron chi connectivity index (χ0n) is 9.32. The first kappa shape index (κ1) is 12.2. The van der Waals surface area contributed by atoms with Crippen molar-refractivity contribution in [3.63, 3.8) is 0 Å². The number of amides is 2. The van der Waals surface area contributed by atoms with Gasteiger partial charge in [0.1, 0.15) is 0 Å². The summed E-state index contributed by atoms with van der Waals surface area (Å²) in [6.45, 7) is 0.507. The number of hydrogen-bond acceptors (Lipinski definition) is 2. The Morgan fingerprint density at radius 3 is 2.31 bits per heavy atom. The number of carbonyl (C=O) groups is 2. The fourth-order valence-corrected chi connectivity index (χ4v) is 1.24. The molecule has 1 aromatic carbocycles. The van der Waals surface area contributed by atoms with Gasteiger partial charge in [0.05, 0.1) is 0 Å². The van der Waals surface area contributed by atoms with E-state index in [-0.39, 0.29) is 24.7 Å². The molecule has 0 aliphatic rings. The molecule has 0 aliphatic carbocycles. The van der Waals surface area contributed by atoms with Crippen LogP contribution in [0.5, 0.6) is 0 Å². The molecule has 4 nitrogen and oxygen atoms in total. The number of carbonyl (C=O) groups excluding carboxylic acids is 2. The lowest BCUT2D eigenvalue weighted by Gasteiger charge is -2.04. The zero-order chi connectivity index (χ0) is 11.8. The Hall–Kier alpha value is -1.84. The summed E-state index contributed by atoms with van der Waals surface area (Å²) in [4.78, 5) is 22.2. The number of nitrogens with one attached hydrogen (secondary N) is 2. The van der Waals surface area contributed by atoms with Crippen LogP contribution in [0.4, 0.5) is 0 Å². The third kappa shape index (κ3) is 4.59. The van der Waals surface area contributed by atoms with Crippen molar-refractivity contribution in [2.45, 2.75) is 19.4 Å². The molecule has 1 rings (SSSR count). The smallest absolute Gasteiger partial charge is 0.220 e. The Bertz CT molecular complexity index is 349. The minimum Gasteiger partial charge on any atom is -0.359 e. The predicted octanol–water partition coefficient (Wildman–Crippen LogP) is 0.829. The molecule has 0 bridgehead atoms. The fourth-order valence-electron chi connectivity index (χ4n) is 1.24. The summed E-state index contributed by atoms with van der Waals surface area (Å²) < 4.78 is 0. The lowest BCUT2D eigenvalue weighted by molar-refractivity contribution is -0.126. The molecular formula is C12H16N2O2. The highest BCUT2D eigenvalue weighted by molar-refractivity contribution is 5.83. The molecule has 0 aromatic heterocycles. The lowest BCUT2D eigenvalue weighted by Crippen LogP contribution is -2.25. The first-order valence-electron chi connectivity index (χ1n) is 5.23. The van der Waals surface area contributed by atoms with Crippen LogP contribution in [-0.4, -0.2) is 18.9 Å². The van der Waals surface area contributed by atoms with Crippen molar-refractivity contribution in [2.75, 3.05) is 7.05 Å². The highest BCUT2D eigenvalue weighted by Crippen LogP contribution is 1.98. The third-order valence-corrected chi connectivity index (χ3v) is 2.19. The fraction of sp³-hybridized carbons (Fsp3) is 0.333. The Morgan fingerprint density at radius 2 is 1.69 bits per heavy atom. The van der Waals surface area contributed by atoms with Gasteiger partial charge in [0, 0.05) is 26.4 Å². The zero-order valence-corrected chi connectivity index (χ0v) is 9.32. The Labute approximate surface area is 95.0 Å². The molecule has 2 amide bonds. The molecule has 0 radical (unpaired) electrons. The molecule has 0 atom stereocenters. The van der Waals surface area contributed by atoms with Crippen molar-refractivity contribution < 1.29 is 9.59 Å². The molecule has 16 heavy (non-hydrogen) atoms. The maximum absolute atomic E-state index is 11.3. The summed E-state index contributed by atoms with van der Waals surface area (Å²) in [5.41, 5.74) is 1.05. The second-order valence-electron chi connectivity index (χ2n) is 3.44. The summed E-state index contributed by atoms with van der Waals surface area (Å²) >= 11 is 0.